The van der Waals surface area contributed by atoms with Crippen LogP contribution in [0.1, 0.15) is 5.56 Å². The molecule has 0 amide bonds. The smallest absolute Gasteiger partial charge is 0.305 e. The van der Waals surface area contributed by atoms with Gasteiger partial charge in [-0.1, -0.05) is 54.6 Å². The van der Waals surface area contributed by atoms with Crippen LogP contribution >= 0.6 is 0 Å². The number of hydrogen-bond acceptors (Lipinski definition) is 4. The fourth-order valence-electron chi connectivity index (χ4n) is 3.50. The SMILES string of the molecule is O=c1c(=O)n2c3cccc4cccc(nc-2/c1=C(\O)c1ccccc1)c43. The van der Waals surface area contributed by atoms with Gasteiger partial charge in [0.05, 0.1) is 11.0 Å². The third kappa shape index (κ3) is 1.82. The van der Waals surface area contributed by atoms with Crippen LogP contribution in [0, 0.1) is 0 Å². The quantitative estimate of drug-likeness (QED) is 0.475. The molecule has 124 valence electrons. The predicted molar refractivity (Wildman–Crippen MR) is 100 cm³/mol. The van der Waals surface area contributed by atoms with E-state index in [-0.39, 0.29) is 16.8 Å². The Morgan fingerprint density at radius 1 is 0.885 bits per heavy atom. The van der Waals surface area contributed by atoms with Gasteiger partial charge in [-0.05, 0) is 17.5 Å². The Morgan fingerprint density at radius 3 is 2.38 bits per heavy atom. The highest BCUT2D eigenvalue weighted by Crippen LogP contribution is 2.26. The van der Waals surface area contributed by atoms with Crippen LogP contribution in [0.25, 0.3) is 33.4 Å². The van der Waals surface area contributed by atoms with Crippen molar-refractivity contribution in [1.29, 1.82) is 0 Å². The van der Waals surface area contributed by atoms with Gasteiger partial charge in [0, 0.05) is 10.9 Å². The summed E-state index contributed by atoms with van der Waals surface area (Å²) in [4.78, 5) is 29.9. The maximum Gasteiger partial charge on any atom is 0.305 e. The number of aliphatic hydroxyl groups is 1. The Morgan fingerprint density at radius 2 is 1.62 bits per heavy atom. The molecule has 5 nitrogen and oxygen atoms in total. The molecule has 1 N–H and O–H groups in total. The normalized spacial score (nSPS) is 12.9. The van der Waals surface area contributed by atoms with E-state index in [0.717, 1.165) is 10.8 Å². The number of fused-ring (bicyclic) bond motifs is 2. The van der Waals surface area contributed by atoms with Crippen LogP contribution in [-0.4, -0.2) is 14.7 Å². The molecule has 0 fully saturated rings. The zero-order chi connectivity index (χ0) is 17.8. The average molecular weight is 340 g/mol. The van der Waals surface area contributed by atoms with Crippen LogP contribution in [-0.2, 0) is 0 Å². The minimum absolute atomic E-state index is 0.0623. The van der Waals surface area contributed by atoms with Crippen molar-refractivity contribution in [3.63, 3.8) is 0 Å². The summed E-state index contributed by atoms with van der Waals surface area (Å²) >= 11 is 0. The van der Waals surface area contributed by atoms with E-state index in [1.54, 1.807) is 30.3 Å². The fourth-order valence-corrected chi connectivity index (χ4v) is 3.50. The number of rotatable bonds is 1. The molecule has 0 radical (unpaired) electrons. The highest BCUT2D eigenvalue weighted by Gasteiger charge is 2.23. The second-order valence-electron chi connectivity index (χ2n) is 6.15. The summed E-state index contributed by atoms with van der Waals surface area (Å²) in [6.07, 6.45) is 0. The van der Waals surface area contributed by atoms with Gasteiger partial charge < -0.3 is 5.11 Å². The molecule has 2 aliphatic heterocycles. The first kappa shape index (κ1) is 14.6. The molecular formula is C21H12N2O3. The van der Waals surface area contributed by atoms with Gasteiger partial charge in [-0.2, -0.15) is 0 Å². The van der Waals surface area contributed by atoms with Crippen LogP contribution in [0.3, 0.4) is 0 Å². The lowest BCUT2D eigenvalue weighted by Gasteiger charge is -2.11. The third-order valence-electron chi connectivity index (χ3n) is 4.67. The Labute approximate surface area is 146 Å². The average Bonchev–Trinajstić information content (AvgIpc) is 2.93. The number of aromatic nitrogens is 2. The zero-order valence-corrected chi connectivity index (χ0v) is 13.5. The van der Waals surface area contributed by atoms with Gasteiger partial charge in [0.15, 0.2) is 5.82 Å². The monoisotopic (exact) mass is 340 g/mol. The molecule has 0 bridgehead atoms. The van der Waals surface area contributed by atoms with Gasteiger partial charge in [-0.3, -0.25) is 14.2 Å². The van der Waals surface area contributed by atoms with Gasteiger partial charge in [0.1, 0.15) is 11.0 Å². The highest BCUT2D eigenvalue weighted by molar-refractivity contribution is 6.07. The molecule has 0 aliphatic carbocycles. The van der Waals surface area contributed by atoms with Crippen LogP contribution in [0.4, 0.5) is 0 Å². The molecule has 5 rings (SSSR count). The molecule has 3 aromatic rings. The first-order valence-corrected chi connectivity index (χ1v) is 8.15. The summed E-state index contributed by atoms with van der Waals surface area (Å²) in [5, 5.41) is 12.4. The molecule has 0 saturated carbocycles. The lowest BCUT2D eigenvalue weighted by Crippen LogP contribution is -2.33. The fraction of sp³-hybridized carbons (Fsp3) is 0. The van der Waals surface area contributed by atoms with E-state index < -0.39 is 11.0 Å². The van der Waals surface area contributed by atoms with Crippen molar-refractivity contribution >= 4 is 27.6 Å². The highest BCUT2D eigenvalue weighted by atomic mass is 16.3. The largest absolute Gasteiger partial charge is 0.506 e. The molecule has 0 saturated heterocycles. The topological polar surface area (TPSA) is 72.2 Å². The number of nitrogens with zero attached hydrogens (tertiary/aromatic N) is 2. The number of benzene rings is 3. The number of hydrogen-bond donors (Lipinski definition) is 1. The third-order valence-corrected chi connectivity index (χ3v) is 4.67. The second kappa shape index (κ2) is 5.13. The molecule has 2 heterocycles. The molecule has 0 aromatic heterocycles. The van der Waals surface area contributed by atoms with E-state index >= 15 is 0 Å². The summed E-state index contributed by atoms with van der Waals surface area (Å²) in [5.41, 5.74) is 0.283. The van der Waals surface area contributed by atoms with Crippen molar-refractivity contribution in [3.8, 4) is 5.82 Å². The van der Waals surface area contributed by atoms with Gasteiger partial charge >= 0.3 is 5.56 Å². The van der Waals surface area contributed by atoms with Gasteiger partial charge in [-0.25, -0.2) is 4.98 Å². The lowest BCUT2D eigenvalue weighted by molar-refractivity contribution is 0.507. The lowest BCUT2D eigenvalue weighted by atomic mass is 10.1. The van der Waals surface area contributed by atoms with Gasteiger partial charge in [0.2, 0.25) is 0 Å². The second-order valence-corrected chi connectivity index (χ2v) is 6.15. The zero-order valence-electron chi connectivity index (χ0n) is 13.5. The number of aliphatic hydroxyl groups excluding tert-OH is 1. The first-order chi connectivity index (χ1) is 12.7. The van der Waals surface area contributed by atoms with Crippen LogP contribution in [0.5, 0.6) is 0 Å². The summed E-state index contributed by atoms with van der Waals surface area (Å²) in [7, 11) is 0. The molecule has 5 heteroatoms. The maximum absolute atomic E-state index is 12.7. The maximum atomic E-state index is 12.7. The molecule has 0 unspecified atom stereocenters. The summed E-state index contributed by atoms with van der Waals surface area (Å²) in [5.74, 6) is -0.0655. The standard InChI is InChI=1S/C21H12N2O3/c24-18(13-6-2-1-3-7-13)17-19(25)21(26)23-15-11-5-9-12-8-4-10-14(16(12)15)22-20(17)23/h1-11,24H/b18-17-. The van der Waals surface area contributed by atoms with Crippen molar-refractivity contribution in [3.05, 3.63) is 98.1 Å². The summed E-state index contributed by atoms with van der Waals surface area (Å²) in [6, 6.07) is 19.9. The Bertz CT molecular complexity index is 1420. The van der Waals surface area contributed by atoms with E-state index in [2.05, 4.69) is 4.98 Å². The van der Waals surface area contributed by atoms with Gasteiger partial charge in [0.25, 0.3) is 5.43 Å². The Balaban J connectivity index is 2.07. The Hall–Kier alpha value is -3.73. The molecule has 3 aromatic carbocycles. The summed E-state index contributed by atoms with van der Waals surface area (Å²) < 4.78 is 1.30. The minimum atomic E-state index is -0.755. The van der Waals surface area contributed by atoms with E-state index in [0.29, 0.717) is 16.6 Å². The molecule has 0 atom stereocenters. The minimum Gasteiger partial charge on any atom is -0.506 e. The van der Waals surface area contributed by atoms with Crippen molar-refractivity contribution in [1.82, 2.24) is 9.55 Å². The van der Waals surface area contributed by atoms with Crippen molar-refractivity contribution in [2.75, 3.05) is 0 Å². The molecular weight excluding hydrogens is 328 g/mol. The predicted octanol–water partition coefficient (Wildman–Crippen LogP) is 2.21. The molecule has 0 spiro atoms. The summed E-state index contributed by atoms with van der Waals surface area (Å²) in [6.45, 7) is 0. The Kier molecular flexibility index (Phi) is 2.88. The van der Waals surface area contributed by atoms with E-state index in [1.807, 2.05) is 36.4 Å². The van der Waals surface area contributed by atoms with Crippen LogP contribution in [0.15, 0.2) is 76.3 Å². The molecule has 26 heavy (non-hydrogen) atoms. The first-order valence-electron chi connectivity index (χ1n) is 8.15. The van der Waals surface area contributed by atoms with E-state index in [1.165, 1.54) is 4.57 Å². The van der Waals surface area contributed by atoms with E-state index in [9.17, 15) is 14.7 Å². The van der Waals surface area contributed by atoms with Crippen molar-refractivity contribution in [2.24, 2.45) is 0 Å². The van der Waals surface area contributed by atoms with Gasteiger partial charge in [-0.15, -0.1) is 0 Å². The van der Waals surface area contributed by atoms with Crippen LogP contribution < -0.4 is 16.2 Å². The van der Waals surface area contributed by atoms with Crippen molar-refractivity contribution < 1.29 is 5.11 Å². The van der Waals surface area contributed by atoms with Crippen molar-refractivity contribution in [2.45, 2.75) is 0 Å². The van der Waals surface area contributed by atoms with Crippen LogP contribution in [0.2, 0.25) is 0 Å². The van der Waals surface area contributed by atoms with E-state index in [4.69, 9.17) is 0 Å². The molecule has 2 aliphatic rings.